The predicted octanol–water partition coefficient (Wildman–Crippen LogP) is 3.78. The molecule has 1 saturated heterocycles. The van der Waals surface area contributed by atoms with Crippen LogP contribution in [0.4, 0.5) is 0 Å². The molecule has 1 atom stereocenters. The number of carbonyl (C=O) groups is 2. The van der Waals surface area contributed by atoms with Crippen molar-refractivity contribution in [2.45, 2.75) is 19.5 Å². The van der Waals surface area contributed by atoms with Crippen LogP contribution in [0, 0.1) is 6.92 Å². The van der Waals surface area contributed by atoms with Crippen molar-refractivity contribution in [1.29, 1.82) is 0 Å². The fourth-order valence-electron chi connectivity index (χ4n) is 3.04. The lowest BCUT2D eigenvalue weighted by Gasteiger charge is -2.23. The summed E-state index contributed by atoms with van der Waals surface area (Å²) >= 11 is 4.78. The molecule has 0 radical (unpaired) electrons. The van der Waals surface area contributed by atoms with E-state index in [1.54, 1.807) is 39.3 Å². The van der Waals surface area contributed by atoms with Crippen LogP contribution < -0.4 is 10.1 Å². The Balaban J connectivity index is 1.30. The van der Waals surface area contributed by atoms with Gasteiger partial charge in [0.1, 0.15) is 16.8 Å². The quantitative estimate of drug-likeness (QED) is 0.582. The Morgan fingerprint density at radius 3 is 2.97 bits per heavy atom. The molecule has 9 heteroatoms. The molecule has 2 amide bonds. The summed E-state index contributed by atoms with van der Waals surface area (Å²) in [6.45, 7) is 2.24. The fourth-order valence-corrected chi connectivity index (χ4v) is 5.85. The normalized spacial score (nSPS) is 15.9. The number of rotatable bonds is 7. The summed E-state index contributed by atoms with van der Waals surface area (Å²) in [5, 5.41) is 7.85. The Kier molecular flexibility index (Phi) is 6.71. The SMILES string of the molecule is Cc1cccc(OCC(=O)N2CSCC2C(=O)NCc2csc(-c3cccs3)n2)c1. The van der Waals surface area contributed by atoms with Crippen LogP contribution in [-0.2, 0) is 16.1 Å². The zero-order valence-electron chi connectivity index (χ0n) is 16.4. The molecule has 3 heterocycles. The molecular formula is C21H21N3O3S3. The second kappa shape index (κ2) is 9.63. The highest BCUT2D eigenvalue weighted by atomic mass is 32.2. The first-order valence-electron chi connectivity index (χ1n) is 9.43. The van der Waals surface area contributed by atoms with Crippen LogP contribution >= 0.6 is 34.4 Å². The molecule has 156 valence electrons. The van der Waals surface area contributed by atoms with Crippen LogP contribution in [0.2, 0.25) is 0 Å². The van der Waals surface area contributed by atoms with E-state index in [4.69, 9.17) is 4.74 Å². The lowest BCUT2D eigenvalue weighted by molar-refractivity contribution is -0.139. The third kappa shape index (κ3) is 5.03. The maximum Gasteiger partial charge on any atom is 0.261 e. The summed E-state index contributed by atoms with van der Waals surface area (Å²) in [4.78, 5) is 32.6. The number of aryl methyl sites for hydroxylation is 1. The number of thiazole rings is 1. The molecule has 1 aromatic carbocycles. The van der Waals surface area contributed by atoms with Gasteiger partial charge in [-0.1, -0.05) is 18.2 Å². The van der Waals surface area contributed by atoms with Crippen molar-refractivity contribution < 1.29 is 14.3 Å². The fraction of sp³-hybridized carbons (Fsp3) is 0.286. The summed E-state index contributed by atoms with van der Waals surface area (Å²) in [5.74, 6) is 1.39. The van der Waals surface area contributed by atoms with Crippen molar-refractivity contribution in [3.63, 3.8) is 0 Å². The van der Waals surface area contributed by atoms with E-state index >= 15 is 0 Å². The molecular weight excluding hydrogens is 438 g/mol. The van der Waals surface area contributed by atoms with Gasteiger partial charge in [0.05, 0.1) is 23.0 Å². The molecule has 0 aliphatic carbocycles. The molecule has 30 heavy (non-hydrogen) atoms. The number of aromatic nitrogens is 1. The van der Waals surface area contributed by atoms with Crippen molar-refractivity contribution in [3.8, 4) is 15.6 Å². The Bertz CT molecular complexity index is 1020. The van der Waals surface area contributed by atoms with Crippen molar-refractivity contribution in [3.05, 3.63) is 58.4 Å². The van der Waals surface area contributed by atoms with Gasteiger partial charge in [0.25, 0.3) is 5.91 Å². The van der Waals surface area contributed by atoms with Gasteiger partial charge in [-0.2, -0.15) is 0 Å². The van der Waals surface area contributed by atoms with Gasteiger partial charge in [0, 0.05) is 11.1 Å². The van der Waals surface area contributed by atoms with Gasteiger partial charge >= 0.3 is 0 Å². The van der Waals surface area contributed by atoms with Gasteiger partial charge in [-0.3, -0.25) is 9.59 Å². The Labute approximate surface area is 187 Å². The highest BCUT2D eigenvalue weighted by Crippen LogP contribution is 2.28. The molecule has 0 bridgehead atoms. The number of ether oxygens (including phenoxy) is 1. The summed E-state index contributed by atoms with van der Waals surface area (Å²) in [6, 6.07) is 11.1. The van der Waals surface area contributed by atoms with E-state index in [0.29, 0.717) is 23.9 Å². The number of thioether (sulfide) groups is 1. The van der Waals surface area contributed by atoms with E-state index in [-0.39, 0.29) is 18.4 Å². The molecule has 1 unspecified atom stereocenters. The number of hydrogen-bond acceptors (Lipinski definition) is 7. The van der Waals surface area contributed by atoms with Crippen LogP contribution in [0.1, 0.15) is 11.3 Å². The largest absolute Gasteiger partial charge is 0.484 e. The third-order valence-electron chi connectivity index (χ3n) is 4.58. The molecule has 3 aromatic rings. The average Bonchev–Trinajstić information content (AvgIpc) is 3.51. The Hall–Kier alpha value is -2.36. The van der Waals surface area contributed by atoms with Crippen LogP contribution in [0.25, 0.3) is 9.88 Å². The highest BCUT2D eigenvalue weighted by Gasteiger charge is 2.34. The first-order valence-corrected chi connectivity index (χ1v) is 12.3. The van der Waals surface area contributed by atoms with E-state index in [2.05, 4.69) is 10.3 Å². The molecule has 4 rings (SSSR count). The Morgan fingerprint density at radius 2 is 2.17 bits per heavy atom. The monoisotopic (exact) mass is 459 g/mol. The van der Waals surface area contributed by atoms with Crippen LogP contribution in [-0.4, -0.2) is 46.0 Å². The molecule has 1 aliphatic rings. The average molecular weight is 460 g/mol. The summed E-state index contributed by atoms with van der Waals surface area (Å²) in [6.07, 6.45) is 0. The van der Waals surface area contributed by atoms with Crippen molar-refractivity contribution in [2.75, 3.05) is 18.2 Å². The molecule has 1 fully saturated rings. The van der Waals surface area contributed by atoms with Crippen LogP contribution in [0.5, 0.6) is 5.75 Å². The second-order valence-electron chi connectivity index (χ2n) is 6.82. The first-order chi connectivity index (χ1) is 14.6. The van der Waals surface area contributed by atoms with E-state index in [1.165, 1.54) is 0 Å². The van der Waals surface area contributed by atoms with Crippen LogP contribution in [0.15, 0.2) is 47.2 Å². The minimum atomic E-state index is -0.487. The maximum absolute atomic E-state index is 12.7. The Morgan fingerprint density at radius 1 is 1.27 bits per heavy atom. The van der Waals surface area contributed by atoms with Gasteiger partial charge in [-0.15, -0.1) is 34.4 Å². The zero-order valence-corrected chi connectivity index (χ0v) is 18.8. The van der Waals surface area contributed by atoms with Gasteiger partial charge < -0.3 is 15.0 Å². The topological polar surface area (TPSA) is 71.5 Å². The second-order valence-corrected chi connectivity index (χ2v) is 9.63. The van der Waals surface area contributed by atoms with Gasteiger partial charge in [0.2, 0.25) is 5.91 Å². The highest BCUT2D eigenvalue weighted by molar-refractivity contribution is 7.99. The standard InChI is InChI=1S/C21H21N3O3S3/c1-14-4-2-5-16(8-14)27-10-19(25)24-13-28-12-17(24)20(26)22-9-15-11-30-21(23-15)18-6-3-7-29-18/h2-8,11,17H,9-10,12-13H2,1H3,(H,22,26). The molecule has 0 saturated carbocycles. The summed E-state index contributed by atoms with van der Waals surface area (Å²) < 4.78 is 5.62. The van der Waals surface area contributed by atoms with Crippen molar-refractivity contribution in [1.82, 2.24) is 15.2 Å². The number of hydrogen-bond donors (Lipinski definition) is 1. The van der Waals surface area contributed by atoms with Crippen molar-refractivity contribution in [2.24, 2.45) is 0 Å². The summed E-state index contributed by atoms with van der Waals surface area (Å²) in [7, 11) is 0. The maximum atomic E-state index is 12.7. The first kappa shape index (κ1) is 20.9. The van der Waals surface area contributed by atoms with E-state index in [9.17, 15) is 9.59 Å². The third-order valence-corrected chi connectivity index (χ3v) is 7.53. The van der Waals surface area contributed by atoms with Crippen LogP contribution in [0.3, 0.4) is 0 Å². The van der Waals surface area contributed by atoms with Gasteiger partial charge in [-0.05, 0) is 36.1 Å². The number of nitrogens with zero attached hydrogens (tertiary/aromatic N) is 2. The molecule has 0 spiro atoms. The smallest absolute Gasteiger partial charge is 0.261 e. The number of nitrogens with one attached hydrogen (secondary N) is 1. The number of thiophene rings is 1. The van der Waals surface area contributed by atoms with E-state index < -0.39 is 6.04 Å². The number of amides is 2. The lowest BCUT2D eigenvalue weighted by Crippen LogP contribution is -2.48. The predicted molar refractivity (Wildman–Crippen MR) is 122 cm³/mol. The number of benzene rings is 1. The molecule has 1 N–H and O–H groups in total. The molecule has 1 aliphatic heterocycles. The summed E-state index contributed by atoms with van der Waals surface area (Å²) in [5.41, 5.74) is 1.89. The van der Waals surface area contributed by atoms with Crippen molar-refractivity contribution >= 4 is 46.2 Å². The minimum absolute atomic E-state index is 0.0793. The van der Waals surface area contributed by atoms with Gasteiger partial charge in [-0.25, -0.2) is 4.98 Å². The van der Waals surface area contributed by atoms with E-state index in [1.807, 2.05) is 54.1 Å². The minimum Gasteiger partial charge on any atom is -0.484 e. The van der Waals surface area contributed by atoms with E-state index in [0.717, 1.165) is 21.1 Å². The lowest BCUT2D eigenvalue weighted by atomic mass is 10.2. The molecule has 6 nitrogen and oxygen atoms in total. The molecule has 2 aromatic heterocycles. The zero-order chi connectivity index (χ0) is 20.9. The number of carbonyl (C=O) groups excluding carboxylic acids is 2. The van der Waals surface area contributed by atoms with Gasteiger partial charge in [0.15, 0.2) is 6.61 Å².